The van der Waals surface area contributed by atoms with Crippen LogP contribution in [-0.2, 0) is 13.0 Å². The van der Waals surface area contributed by atoms with E-state index in [0.717, 1.165) is 38.2 Å². The molecular formula is C13H23N3. The minimum absolute atomic E-state index is 0.903. The highest BCUT2D eigenvalue weighted by molar-refractivity contribution is 5.39. The Kier molecular flexibility index (Phi) is 5.86. The zero-order valence-electron chi connectivity index (χ0n) is 10.6. The highest BCUT2D eigenvalue weighted by Crippen LogP contribution is 2.12. The van der Waals surface area contributed by atoms with E-state index in [-0.39, 0.29) is 0 Å². The Bertz CT molecular complexity index is 286. The van der Waals surface area contributed by atoms with Gasteiger partial charge in [-0.25, -0.2) is 4.98 Å². The Balaban J connectivity index is 2.80. The first-order valence-electron chi connectivity index (χ1n) is 6.18. The molecule has 0 aliphatic heterocycles. The molecule has 0 saturated heterocycles. The van der Waals surface area contributed by atoms with Crippen molar-refractivity contribution in [3.8, 4) is 0 Å². The van der Waals surface area contributed by atoms with Crippen LogP contribution in [0.3, 0.4) is 0 Å². The van der Waals surface area contributed by atoms with Gasteiger partial charge in [0.05, 0.1) is 0 Å². The summed E-state index contributed by atoms with van der Waals surface area (Å²) in [5, 5.41) is 6.53. The number of nitrogens with one attached hydrogen (secondary N) is 2. The van der Waals surface area contributed by atoms with Gasteiger partial charge < -0.3 is 10.6 Å². The SMILES string of the molecule is CCCNc1cc(CNC)cc(CCC)n1. The van der Waals surface area contributed by atoms with Crippen molar-refractivity contribution in [1.82, 2.24) is 10.3 Å². The average molecular weight is 221 g/mol. The molecule has 3 nitrogen and oxygen atoms in total. The van der Waals surface area contributed by atoms with E-state index in [9.17, 15) is 0 Å². The molecule has 2 N–H and O–H groups in total. The maximum absolute atomic E-state index is 4.60. The van der Waals surface area contributed by atoms with E-state index in [1.807, 2.05) is 7.05 Å². The third kappa shape index (κ3) is 4.19. The number of pyridine rings is 1. The topological polar surface area (TPSA) is 37.0 Å². The molecule has 0 aromatic carbocycles. The zero-order valence-corrected chi connectivity index (χ0v) is 10.6. The molecule has 0 fully saturated rings. The number of anilines is 1. The van der Waals surface area contributed by atoms with E-state index in [0.29, 0.717) is 0 Å². The first-order chi connectivity index (χ1) is 7.80. The first kappa shape index (κ1) is 13.0. The first-order valence-corrected chi connectivity index (χ1v) is 6.18. The number of rotatable bonds is 7. The highest BCUT2D eigenvalue weighted by Gasteiger charge is 2.01. The lowest BCUT2D eigenvalue weighted by Gasteiger charge is -2.09. The van der Waals surface area contributed by atoms with Crippen LogP contribution in [-0.4, -0.2) is 18.6 Å². The van der Waals surface area contributed by atoms with Crippen molar-refractivity contribution < 1.29 is 0 Å². The molecule has 3 heteroatoms. The molecule has 0 atom stereocenters. The van der Waals surface area contributed by atoms with Gasteiger partial charge in [-0.1, -0.05) is 20.3 Å². The summed E-state index contributed by atoms with van der Waals surface area (Å²) < 4.78 is 0. The Morgan fingerprint density at radius 3 is 2.62 bits per heavy atom. The van der Waals surface area contributed by atoms with Crippen LogP contribution in [0.15, 0.2) is 12.1 Å². The lowest BCUT2D eigenvalue weighted by Crippen LogP contribution is -2.09. The smallest absolute Gasteiger partial charge is 0.126 e. The van der Waals surface area contributed by atoms with Gasteiger partial charge in [0.15, 0.2) is 0 Å². The summed E-state index contributed by atoms with van der Waals surface area (Å²) in [6.45, 7) is 6.24. The molecule has 16 heavy (non-hydrogen) atoms. The fraction of sp³-hybridized carbons (Fsp3) is 0.615. The van der Waals surface area contributed by atoms with Crippen molar-refractivity contribution in [2.75, 3.05) is 18.9 Å². The summed E-state index contributed by atoms with van der Waals surface area (Å²) in [6.07, 6.45) is 3.32. The van der Waals surface area contributed by atoms with Gasteiger partial charge in [0, 0.05) is 18.8 Å². The molecule has 0 saturated carbocycles. The van der Waals surface area contributed by atoms with Crippen molar-refractivity contribution in [1.29, 1.82) is 0 Å². The molecule has 0 bridgehead atoms. The Labute approximate surface area is 98.7 Å². The minimum atomic E-state index is 0.903. The van der Waals surface area contributed by atoms with Crippen LogP contribution < -0.4 is 10.6 Å². The predicted molar refractivity (Wildman–Crippen MR) is 69.8 cm³/mol. The van der Waals surface area contributed by atoms with Crippen molar-refractivity contribution in [3.05, 3.63) is 23.4 Å². The zero-order chi connectivity index (χ0) is 11.8. The predicted octanol–water partition coefficient (Wildman–Crippen LogP) is 2.58. The number of hydrogen-bond donors (Lipinski definition) is 2. The molecular weight excluding hydrogens is 198 g/mol. The standard InChI is InChI=1S/C13H23N3/c1-4-6-12-8-11(10-14-3)9-13(16-12)15-7-5-2/h8-9,14H,4-7,10H2,1-3H3,(H,15,16). The van der Waals surface area contributed by atoms with Crippen LogP contribution in [0, 0.1) is 0 Å². The second-order valence-corrected chi connectivity index (χ2v) is 4.06. The van der Waals surface area contributed by atoms with E-state index < -0.39 is 0 Å². The lowest BCUT2D eigenvalue weighted by atomic mass is 10.1. The number of nitrogens with zero attached hydrogens (tertiary/aromatic N) is 1. The van der Waals surface area contributed by atoms with Gasteiger partial charge >= 0.3 is 0 Å². The van der Waals surface area contributed by atoms with E-state index in [2.05, 4.69) is 41.6 Å². The third-order valence-corrected chi connectivity index (χ3v) is 2.38. The largest absolute Gasteiger partial charge is 0.370 e. The monoisotopic (exact) mass is 221 g/mol. The second-order valence-electron chi connectivity index (χ2n) is 4.06. The van der Waals surface area contributed by atoms with Gasteiger partial charge in [-0.05, 0) is 37.6 Å². The summed E-state index contributed by atoms with van der Waals surface area (Å²) in [5.41, 5.74) is 2.49. The summed E-state index contributed by atoms with van der Waals surface area (Å²) >= 11 is 0. The molecule has 0 unspecified atom stereocenters. The molecule has 0 radical (unpaired) electrons. The molecule has 0 spiro atoms. The average Bonchev–Trinajstić information content (AvgIpc) is 2.27. The van der Waals surface area contributed by atoms with E-state index in [4.69, 9.17) is 0 Å². The van der Waals surface area contributed by atoms with Gasteiger partial charge in [-0.2, -0.15) is 0 Å². The molecule has 1 rings (SSSR count). The van der Waals surface area contributed by atoms with Gasteiger partial charge in [0.1, 0.15) is 5.82 Å². The van der Waals surface area contributed by atoms with Crippen molar-refractivity contribution in [3.63, 3.8) is 0 Å². The van der Waals surface area contributed by atoms with Crippen LogP contribution in [0.1, 0.15) is 37.9 Å². The Morgan fingerprint density at radius 2 is 2.00 bits per heavy atom. The summed E-state index contributed by atoms with van der Waals surface area (Å²) in [4.78, 5) is 4.60. The van der Waals surface area contributed by atoms with Crippen molar-refractivity contribution >= 4 is 5.82 Å². The Hall–Kier alpha value is -1.09. The second kappa shape index (κ2) is 7.23. The Morgan fingerprint density at radius 1 is 1.19 bits per heavy atom. The van der Waals surface area contributed by atoms with Crippen LogP contribution in [0.5, 0.6) is 0 Å². The fourth-order valence-corrected chi connectivity index (χ4v) is 1.68. The van der Waals surface area contributed by atoms with Crippen LogP contribution in [0.2, 0.25) is 0 Å². The lowest BCUT2D eigenvalue weighted by molar-refractivity contribution is 0.805. The summed E-state index contributed by atoms with van der Waals surface area (Å²) in [7, 11) is 1.97. The van der Waals surface area contributed by atoms with E-state index >= 15 is 0 Å². The quantitative estimate of drug-likeness (QED) is 0.743. The molecule has 0 aliphatic rings. The molecule has 0 aliphatic carbocycles. The van der Waals surface area contributed by atoms with Gasteiger partial charge in [0.25, 0.3) is 0 Å². The summed E-state index contributed by atoms with van der Waals surface area (Å²) in [5.74, 6) is 1.01. The number of aromatic nitrogens is 1. The van der Waals surface area contributed by atoms with Crippen molar-refractivity contribution in [2.45, 2.75) is 39.7 Å². The molecule has 1 aromatic rings. The van der Waals surface area contributed by atoms with Crippen LogP contribution in [0.25, 0.3) is 0 Å². The minimum Gasteiger partial charge on any atom is -0.370 e. The van der Waals surface area contributed by atoms with Gasteiger partial charge in [0.2, 0.25) is 0 Å². The fourth-order valence-electron chi connectivity index (χ4n) is 1.68. The van der Waals surface area contributed by atoms with Crippen LogP contribution in [0.4, 0.5) is 5.82 Å². The van der Waals surface area contributed by atoms with Gasteiger partial charge in [-0.15, -0.1) is 0 Å². The summed E-state index contributed by atoms with van der Waals surface area (Å²) in [6, 6.07) is 4.32. The number of aryl methyl sites for hydroxylation is 1. The van der Waals surface area contributed by atoms with Crippen molar-refractivity contribution in [2.24, 2.45) is 0 Å². The maximum atomic E-state index is 4.60. The maximum Gasteiger partial charge on any atom is 0.126 e. The number of hydrogen-bond acceptors (Lipinski definition) is 3. The molecule has 1 heterocycles. The molecule has 1 aromatic heterocycles. The molecule has 0 amide bonds. The third-order valence-electron chi connectivity index (χ3n) is 2.38. The van der Waals surface area contributed by atoms with Gasteiger partial charge in [-0.3, -0.25) is 0 Å². The van der Waals surface area contributed by atoms with E-state index in [1.165, 1.54) is 11.3 Å². The van der Waals surface area contributed by atoms with Crippen LogP contribution >= 0.6 is 0 Å². The normalized spacial score (nSPS) is 10.4. The van der Waals surface area contributed by atoms with E-state index in [1.54, 1.807) is 0 Å². The molecule has 90 valence electrons. The highest BCUT2D eigenvalue weighted by atomic mass is 15.0.